The van der Waals surface area contributed by atoms with Gasteiger partial charge in [-0.25, -0.2) is 13.6 Å². The molecule has 4 rings (SSSR count). The van der Waals surface area contributed by atoms with E-state index in [1.807, 2.05) is 19.1 Å². The number of hydrogen-bond donors (Lipinski definition) is 0. The van der Waals surface area contributed by atoms with Crippen LogP contribution in [0.5, 0.6) is 0 Å². The highest BCUT2D eigenvalue weighted by molar-refractivity contribution is 6.52. The van der Waals surface area contributed by atoms with Crippen LogP contribution in [0, 0.1) is 13.8 Å². The van der Waals surface area contributed by atoms with E-state index in [0.717, 1.165) is 17.0 Å². The Morgan fingerprint density at radius 1 is 1.24 bits per heavy atom. The number of hydroxylamine groups is 2. The molecule has 0 N–H and O–H groups in total. The summed E-state index contributed by atoms with van der Waals surface area (Å²) in [5.41, 5.74) is 3.59. The van der Waals surface area contributed by atoms with E-state index in [9.17, 15) is 23.2 Å². The first kappa shape index (κ1) is 19.3. The molecule has 2 amide bonds. The number of allylic oxidation sites excluding steroid dienone is 2. The molecule has 1 aromatic rings. The molecule has 29 heavy (non-hydrogen) atoms. The maximum Gasteiger partial charge on any atom is 0.691 e. The fraction of sp³-hybridized carbons (Fsp3) is 0.368. The van der Waals surface area contributed by atoms with Gasteiger partial charge in [0, 0.05) is 48.9 Å². The zero-order valence-corrected chi connectivity index (χ0v) is 16.0. The Kier molecular flexibility index (Phi) is 4.72. The van der Waals surface area contributed by atoms with Gasteiger partial charge < -0.3 is 9.32 Å². The SMILES string of the molecule is Cc1cc(C)n2c1C=C1C=CC(CCC(=O)ON3C(=O)CCC3=O)=[N+]1B2C(F)F. The highest BCUT2D eigenvalue weighted by Gasteiger charge is 2.52. The Labute approximate surface area is 166 Å². The maximum atomic E-state index is 14.1. The number of carbonyl (C=O) groups excluding carboxylic acids is 3. The molecule has 0 aliphatic carbocycles. The second-order valence-electron chi connectivity index (χ2n) is 7.28. The first-order valence-electron chi connectivity index (χ1n) is 9.36. The minimum atomic E-state index is -2.65. The summed E-state index contributed by atoms with van der Waals surface area (Å²) >= 11 is 0. The number of fused-ring (bicyclic) bond motifs is 2. The molecule has 3 aliphatic heterocycles. The van der Waals surface area contributed by atoms with Crippen LogP contribution < -0.4 is 0 Å². The monoisotopic (exact) mass is 402 g/mol. The highest BCUT2D eigenvalue weighted by Crippen LogP contribution is 2.30. The van der Waals surface area contributed by atoms with Gasteiger partial charge in [0.2, 0.25) is 0 Å². The van der Waals surface area contributed by atoms with Crippen molar-refractivity contribution in [3.63, 3.8) is 0 Å². The van der Waals surface area contributed by atoms with Crippen LogP contribution in [-0.4, -0.2) is 50.8 Å². The number of rotatable bonds is 5. The number of imide groups is 1. The Balaban J connectivity index is 1.56. The molecule has 7 nitrogen and oxygen atoms in total. The van der Waals surface area contributed by atoms with Gasteiger partial charge in [0.15, 0.2) is 11.4 Å². The summed E-state index contributed by atoms with van der Waals surface area (Å²) in [5, 5.41) is 0.490. The van der Waals surface area contributed by atoms with E-state index < -0.39 is 31.1 Å². The van der Waals surface area contributed by atoms with Crippen LogP contribution in [0.15, 0.2) is 23.9 Å². The molecule has 0 unspecified atom stereocenters. The van der Waals surface area contributed by atoms with Crippen LogP contribution in [0.25, 0.3) is 6.08 Å². The van der Waals surface area contributed by atoms with E-state index in [1.54, 1.807) is 23.6 Å². The molecular weight excluding hydrogens is 383 g/mol. The molecule has 1 aromatic heterocycles. The molecule has 3 aliphatic rings. The van der Waals surface area contributed by atoms with Crippen molar-refractivity contribution in [1.82, 2.24) is 9.54 Å². The predicted octanol–water partition coefficient (Wildman–Crippen LogP) is 2.01. The Hall–Kier alpha value is -3.04. The zero-order valence-electron chi connectivity index (χ0n) is 16.0. The topological polar surface area (TPSA) is 71.6 Å². The molecule has 0 aromatic carbocycles. The number of nitrogens with zero attached hydrogens (tertiary/aromatic N) is 3. The fourth-order valence-electron chi connectivity index (χ4n) is 4.04. The number of hydrogen-bond acceptors (Lipinski definition) is 4. The third-order valence-corrected chi connectivity index (χ3v) is 5.33. The van der Waals surface area contributed by atoms with E-state index in [4.69, 9.17) is 4.84 Å². The first-order valence-corrected chi connectivity index (χ1v) is 9.36. The van der Waals surface area contributed by atoms with Crippen LogP contribution in [0.4, 0.5) is 8.78 Å². The minimum Gasteiger partial charge on any atom is -0.330 e. The summed E-state index contributed by atoms with van der Waals surface area (Å²) in [6.45, 7) is 2.46. The molecule has 0 saturated carbocycles. The van der Waals surface area contributed by atoms with E-state index in [-0.39, 0.29) is 25.7 Å². The van der Waals surface area contributed by atoms with E-state index in [0.29, 0.717) is 16.5 Å². The van der Waals surface area contributed by atoms with Crippen LogP contribution in [0.2, 0.25) is 0 Å². The molecule has 0 bridgehead atoms. The van der Waals surface area contributed by atoms with Crippen molar-refractivity contribution in [2.45, 2.75) is 45.9 Å². The van der Waals surface area contributed by atoms with Crippen molar-refractivity contribution in [1.29, 1.82) is 0 Å². The maximum absolute atomic E-state index is 14.1. The molecule has 0 radical (unpaired) electrons. The Bertz CT molecular complexity index is 1010. The smallest absolute Gasteiger partial charge is 0.330 e. The lowest BCUT2D eigenvalue weighted by molar-refractivity contribution is -0.332. The average Bonchev–Trinajstić information content (AvgIpc) is 3.30. The highest BCUT2D eigenvalue weighted by atomic mass is 19.3. The number of amides is 2. The molecule has 1 saturated heterocycles. The van der Waals surface area contributed by atoms with Gasteiger partial charge in [0.25, 0.3) is 11.8 Å². The van der Waals surface area contributed by atoms with Crippen LogP contribution in [-0.2, 0) is 19.2 Å². The number of aryl methyl sites for hydroxylation is 2. The Morgan fingerprint density at radius 3 is 2.59 bits per heavy atom. The molecule has 150 valence electrons. The van der Waals surface area contributed by atoms with E-state index in [1.165, 1.54) is 4.49 Å². The van der Waals surface area contributed by atoms with E-state index >= 15 is 0 Å². The lowest BCUT2D eigenvalue weighted by Gasteiger charge is -2.20. The molecule has 1 fully saturated rings. The lowest BCUT2D eigenvalue weighted by atomic mass is 9.72. The van der Waals surface area contributed by atoms with Gasteiger partial charge in [-0.2, -0.15) is 0 Å². The zero-order chi connectivity index (χ0) is 20.9. The van der Waals surface area contributed by atoms with Crippen molar-refractivity contribution in [2.75, 3.05) is 0 Å². The predicted molar refractivity (Wildman–Crippen MR) is 99.9 cm³/mol. The summed E-state index contributed by atoms with van der Waals surface area (Å²) in [4.78, 5) is 40.0. The van der Waals surface area contributed by atoms with Crippen molar-refractivity contribution in [3.05, 3.63) is 40.9 Å². The Morgan fingerprint density at radius 2 is 1.93 bits per heavy atom. The summed E-state index contributed by atoms with van der Waals surface area (Å²) in [6.07, 6.45) is 2.68. The van der Waals surface area contributed by atoms with Crippen molar-refractivity contribution in [2.24, 2.45) is 0 Å². The molecule has 10 heteroatoms. The van der Waals surface area contributed by atoms with E-state index in [2.05, 4.69) is 0 Å². The number of carbonyl (C=O) groups is 3. The van der Waals surface area contributed by atoms with Gasteiger partial charge in [0.05, 0.1) is 6.42 Å². The van der Waals surface area contributed by atoms with Crippen LogP contribution in [0.3, 0.4) is 0 Å². The minimum absolute atomic E-state index is 0.0161. The first-order chi connectivity index (χ1) is 13.8. The lowest BCUT2D eigenvalue weighted by Crippen LogP contribution is -2.48. The number of halogens is 2. The fourth-order valence-corrected chi connectivity index (χ4v) is 4.04. The third kappa shape index (κ3) is 3.22. The molecular formula is C19H19BF2N3O4+. The van der Waals surface area contributed by atoms with Crippen molar-refractivity contribution < 1.29 is 32.5 Å². The van der Waals surface area contributed by atoms with Gasteiger partial charge >= 0.3 is 19.3 Å². The summed E-state index contributed by atoms with van der Waals surface area (Å²) in [7, 11) is 0. The van der Waals surface area contributed by atoms with Gasteiger partial charge in [-0.15, -0.1) is 5.06 Å². The van der Waals surface area contributed by atoms with Gasteiger partial charge in [-0.1, -0.05) is 0 Å². The summed E-state index contributed by atoms with van der Waals surface area (Å²) in [5.74, 6) is -1.87. The molecule has 0 spiro atoms. The van der Waals surface area contributed by atoms with Crippen molar-refractivity contribution >= 4 is 36.6 Å². The standard InChI is InChI=1S/C19H19BF2N3O4/c1-11-9-12(2)23-15(11)10-14-4-3-13(24(14)20(23)19(21)22)5-8-18(28)29-25-16(26)6-7-17(25)27/h3-4,9-10,19H,5-8H2,1-2H3/q+1. The van der Waals surface area contributed by atoms with Gasteiger partial charge in [0.1, 0.15) is 0 Å². The van der Waals surface area contributed by atoms with Crippen molar-refractivity contribution in [3.8, 4) is 0 Å². The molecule has 0 atom stereocenters. The quantitative estimate of drug-likeness (QED) is 0.558. The normalized spacial score (nSPS) is 18.0. The van der Waals surface area contributed by atoms with Gasteiger partial charge in [-0.3, -0.25) is 14.1 Å². The number of alkyl halides is 2. The number of aromatic nitrogens is 1. The second kappa shape index (κ2) is 7.09. The summed E-state index contributed by atoms with van der Waals surface area (Å²) in [6, 6.07) is 1.87. The third-order valence-electron chi connectivity index (χ3n) is 5.33. The van der Waals surface area contributed by atoms with Gasteiger partial charge in [-0.05, 0) is 25.5 Å². The molecule has 4 heterocycles. The largest absolute Gasteiger partial charge is 0.691 e. The average molecular weight is 402 g/mol. The second-order valence-corrected chi connectivity index (χ2v) is 7.28. The van der Waals surface area contributed by atoms with Crippen LogP contribution in [0.1, 0.15) is 42.6 Å². The summed E-state index contributed by atoms with van der Waals surface area (Å²) < 4.78 is 31.2. The van der Waals surface area contributed by atoms with Crippen LogP contribution >= 0.6 is 0 Å².